The quantitative estimate of drug-likeness (QED) is 0.825. The molecule has 1 N–H and O–H groups in total. The number of nitriles is 1. The third kappa shape index (κ3) is 2.31. The second-order valence-corrected chi connectivity index (χ2v) is 7.20. The van der Waals surface area contributed by atoms with E-state index in [4.69, 9.17) is 0 Å². The van der Waals surface area contributed by atoms with Gasteiger partial charge in [0, 0.05) is 0 Å². The Kier molecular flexibility index (Phi) is 4.26. The summed E-state index contributed by atoms with van der Waals surface area (Å²) in [7, 11) is 0. The van der Waals surface area contributed by atoms with Crippen molar-refractivity contribution in [2.24, 2.45) is 23.2 Å². The van der Waals surface area contributed by atoms with Crippen LogP contribution in [0, 0.1) is 34.5 Å². The van der Waals surface area contributed by atoms with Gasteiger partial charge < -0.3 is 5.11 Å². The highest BCUT2D eigenvalue weighted by Crippen LogP contribution is 2.56. The van der Waals surface area contributed by atoms with E-state index in [0.717, 1.165) is 57.3 Å². The molecule has 2 fully saturated rings. The van der Waals surface area contributed by atoms with Crippen molar-refractivity contribution in [2.45, 2.75) is 77.7 Å². The van der Waals surface area contributed by atoms with Gasteiger partial charge in [0.2, 0.25) is 0 Å². The van der Waals surface area contributed by atoms with Crippen LogP contribution in [0.5, 0.6) is 0 Å². The number of hydrogen-bond donors (Lipinski definition) is 1. The van der Waals surface area contributed by atoms with Crippen LogP contribution in [0.1, 0.15) is 72.1 Å². The van der Waals surface area contributed by atoms with Crippen LogP contribution in [0.15, 0.2) is 0 Å². The standard InChI is InChI=1S/C17H29NO/c1-4-15-6-5-9-17(15,19)16(12-18)10-7-14(8-11-16)13(2)3/h13-15,19H,4-11H2,1-3H3. The topological polar surface area (TPSA) is 44.0 Å². The van der Waals surface area contributed by atoms with Crippen molar-refractivity contribution >= 4 is 0 Å². The summed E-state index contributed by atoms with van der Waals surface area (Å²) < 4.78 is 0. The highest BCUT2D eigenvalue weighted by atomic mass is 16.3. The molecule has 2 nitrogen and oxygen atoms in total. The molecule has 0 radical (unpaired) electrons. The Bertz CT molecular complexity index is 349. The lowest BCUT2D eigenvalue weighted by Crippen LogP contribution is -2.52. The van der Waals surface area contributed by atoms with Crippen LogP contribution in [-0.2, 0) is 0 Å². The maximum absolute atomic E-state index is 11.2. The van der Waals surface area contributed by atoms with Gasteiger partial charge in [-0.15, -0.1) is 0 Å². The molecule has 0 spiro atoms. The summed E-state index contributed by atoms with van der Waals surface area (Å²) in [6, 6.07) is 2.57. The Hall–Kier alpha value is -0.550. The average molecular weight is 263 g/mol. The van der Waals surface area contributed by atoms with E-state index >= 15 is 0 Å². The maximum atomic E-state index is 11.2. The van der Waals surface area contributed by atoms with Gasteiger partial charge in [-0.05, 0) is 56.3 Å². The molecule has 0 amide bonds. The summed E-state index contributed by atoms with van der Waals surface area (Å²) in [5, 5.41) is 21.0. The monoisotopic (exact) mass is 263 g/mol. The minimum Gasteiger partial charge on any atom is -0.388 e. The van der Waals surface area contributed by atoms with Gasteiger partial charge in [0.05, 0.1) is 17.1 Å². The fourth-order valence-corrected chi connectivity index (χ4v) is 4.67. The minimum absolute atomic E-state index is 0.336. The molecule has 108 valence electrons. The second-order valence-electron chi connectivity index (χ2n) is 7.20. The normalized spacial score (nSPS) is 43.4. The Morgan fingerprint density at radius 1 is 1.21 bits per heavy atom. The van der Waals surface area contributed by atoms with Gasteiger partial charge in [0.15, 0.2) is 0 Å². The third-order valence-electron chi connectivity index (χ3n) is 6.15. The first-order valence-electron chi connectivity index (χ1n) is 8.12. The highest BCUT2D eigenvalue weighted by molar-refractivity contribution is 5.16. The van der Waals surface area contributed by atoms with E-state index in [1.54, 1.807) is 0 Å². The van der Waals surface area contributed by atoms with E-state index in [1.165, 1.54) is 0 Å². The molecule has 0 aromatic carbocycles. The molecular weight excluding hydrogens is 234 g/mol. The fraction of sp³-hybridized carbons (Fsp3) is 0.941. The molecule has 0 heterocycles. The van der Waals surface area contributed by atoms with E-state index in [9.17, 15) is 10.4 Å². The van der Waals surface area contributed by atoms with Gasteiger partial charge in [-0.25, -0.2) is 0 Å². The van der Waals surface area contributed by atoms with E-state index in [1.807, 2.05) is 0 Å². The summed E-state index contributed by atoms with van der Waals surface area (Å²) in [5.74, 6) is 1.78. The Labute approximate surface area is 118 Å². The van der Waals surface area contributed by atoms with Crippen molar-refractivity contribution in [2.75, 3.05) is 0 Å². The first kappa shape index (κ1) is 14.9. The molecule has 0 aromatic rings. The number of aliphatic hydroxyl groups is 1. The summed E-state index contributed by atoms with van der Waals surface area (Å²) in [6.07, 6.45) is 8.07. The van der Waals surface area contributed by atoms with Crippen LogP contribution in [-0.4, -0.2) is 10.7 Å². The molecule has 19 heavy (non-hydrogen) atoms. The minimum atomic E-state index is -0.710. The van der Waals surface area contributed by atoms with Crippen molar-refractivity contribution in [3.63, 3.8) is 0 Å². The van der Waals surface area contributed by atoms with Gasteiger partial charge in [0.1, 0.15) is 0 Å². The van der Waals surface area contributed by atoms with E-state index in [-0.39, 0.29) is 0 Å². The molecule has 2 saturated carbocycles. The first-order chi connectivity index (χ1) is 8.99. The van der Waals surface area contributed by atoms with Gasteiger partial charge in [-0.2, -0.15) is 5.26 Å². The molecule has 0 aromatic heterocycles. The van der Waals surface area contributed by atoms with E-state index in [0.29, 0.717) is 11.8 Å². The molecule has 0 saturated heterocycles. The van der Waals surface area contributed by atoms with Crippen LogP contribution in [0.25, 0.3) is 0 Å². The maximum Gasteiger partial charge on any atom is 0.0863 e. The van der Waals surface area contributed by atoms with E-state index in [2.05, 4.69) is 26.8 Å². The molecule has 2 unspecified atom stereocenters. The highest BCUT2D eigenvalue weighted by Gasteiger charge is 2.57. The van der Waals surface area contributed by atoms with Gasteiger partial charge in [-0.1, -0.05) is 33.6 Å². The molecule has 0 aliphatic heterocycles. The molecule has 2 rings (SSSR count). The Morgan fingerprint density at radius 3 is 2.32 bits per heavy atom. The number of hydrogen-bond acceptors (Lipinski definition) is 2. The molecular formula is C17H29NO. The largest absolute Gasteiger partial charge is 0.388 e. The summed E-state index contributed by atoms with van der Waals surface area (Å²) in [4.78, 5) is 0. The summed E-state index contributed by atoms with van der Waals surface area (Å²) in [6.45, 7) is 6.72. The van der Waals surface area contributed by atoms with Crippen molar-refractivity contribution in [1.29, 1.82) is 5.26 Å². The van der Waals surface area contributed by atoms with Crippen molar-refractivity contribution < 1.29 is 5.11 Å². The lowest BCUT2D eigenvalue weighted by molar-refractivity contribution is -0.107. The fourth-order valence-electron chi connectivity index (χ4n) is 4.67. The number of rotatable bonds is 3. The van der Waals surface area contributed by atoms with Gasteiger partial charge in [0.25, 0.3) is 0 Å². The number of nitrogens with zero attached hydrogens (tertiary/aromatic N) is 1. The molecule has 0 bridgehead atoms. The predicted molar refractivity (Wildman–Crippen MR) is 77.4 cm³/mol. The summed E-state index contributed by atoms with van der Waals surface area (Å²) in [5.41, 5.74) is -1.17. The van der Waals surface area contributed by atoms with Crippen LogP contribution in [0.4, 0.5) is 0 Å². The first-order valence-corrected chi connectivity index (χ1v) is 8.12. The average Bonchev–Trinajstić information content (AvgIpc) is 2.81. The second kappa shape index (κ2) is 5.44. The molecule has 2 heteroatoms. The molecule has 2 aliphatic rings. The lowest BCUT2D eigenvalue weighted by atomic mass is 9.58. The Morgan fingerprint density at radius 2 is 1.84 bits per heavy atom. The van der Waals surface area contributed by atoms with Crippen molar-refractivity contribution in [3.8, 4) is 6.07 Å². The van der Waals surface area contributed by atoms with Gasteiger partial charge in [-0.3, -0.25) is 0 Å². The zero-order chi connectivity index (χ0) is 14.1. The van der Waals surface area contributed by atoms with Crippen molar-refractivity contribution in [3.05, 3.63) is 0 Å². The van der Waals surface area contributed by atoms with Crippen LogP contribution >= 0.6 is 0 Å². The van der Waals surface area contributed by atoms with Crippen LogP contribution < -0.4 is 0 Å². The van der Waals surface area contributed by atoms with Crippen LogP contribution in [0.3, 0.4) is 0 Å². The predicted octanol–water partition coefficient (Wildman–Crippen LogP) is 4.28. The van der Waals surface area contributed by atoms with E-state index < -0.39 is 11.0 Å². The zero-order valence-electron chi connectivity index (χ0n) is 12.8. The third-order valence-corrected chi connectivity index (χ3v) is 6.15. The lowest BCUT2D eigenvalue weighted by Gasteiger charge is -2.48. The van der Waals surface area contributed by atoms with Gasteiger partial charge >= 0.3 is 0 Å². The van der Waals surface area contributed by atoms with Crippen molar-refractivity contribution in [1.82, 2.24) is 0 Å². The molecule has 2 atom stereocenters. The smallest absolute Gasteiger partial charge is 0.0863 e. The zero-order valence-corrected chi connectivity index (χ0v) is 12.8. The van der Waals surface area contributed by atoms with Crippen LogP contribution in [0.2, 0.25) is 0 Å². The Balaban J connectivity index is 2.19. The summed E-state index contributed by atoms with van der Waals surface area (Å²) >= 11 is 0. The molecule has 2 aliphatic carbocycles. The SMILES string of the molecule is CCC1CCCC1(O)C1(C#N)CCC(C(C)C)CC1.